The molecular formula is C29H30N2O6. The Morgan fingerprint density at radius 2 is 1.95 bits per heavy atom. The van der Waals surface area contributed by atoms with Crippen LogP contribution < -0.4 is 0 Å². The fourth-order valence-electron chi connectivity index (χ4n) is 5.97. The van der Waals surface area contributed by atoms with Crippen molar-refractivity contribution in [1.82, 2.24) is 9.88 Å². The SMILES string of the molecule is CCC1=C2[C@@H](CC/C(=C/c3ccc(O)cc3)c3ccccn3)OC[C@@H]2[C@@H]2C(=O)N(C(=O)OC)C(=O)[C@@H]2C1. The maximum atomic E-state index is 13.2. The van der Waals surface area contributed by atoms with Gasteiger partial charge in [-0.25, -0.2) is 4.79 Å². The number of aromatic hydroxyl groups is 1. The van der Waals surface area contributed by atoms with E-state index in [0.717, 1.165) is 34.4 Å². The lowest BCUT2D eigenvalue weighted by atomic mass is 9.69. The van der Waals surface area contributed by atoms with E-state index >= 15 is 0 Å². The van der Waals surface area contributed by atoms with Gasteiger partial charge in [0.05, 0.1) is 37.4 Å². The number of rotatable bonds is 6. The number of amides is 3. The first-order valence-electron chi connectivity index (χ1n) is 12.6. The maximum Gasteiger partial charge on any atom is 0.423 e. The minimum atomic E-state index is -0.918. The van der Waals surface area contributed by atoms with E-state index in [2.05, 4.69) is 18.0 Å². The number of pyridine rings is 1. The molecule has 0 unspecified atom stereocenters. The zero-order valence-electron chi connectivity index (χ0n) is 20.9. The summed E-state index contributed by atoms with van der Waals surface area (Å²) in [5.41, 5.74) is 5.11. The number of ether oxygens (including phenoxy) is 2. The van der Waals surface area contributed by atoms with Crippen molar-refractivity contribution in [2.45, 2.75) is 38.7 Å². The summed E-state index contributed by atoms with van der Waals surface area (Å²) in [4.78, 5) is 43.5. The maximum absolute atomic E-state index is 13.2. The Labute approximate surface area is 215 Å². The molecule has 0 saturated carbocycles. The lowest BCUT2D eigenvalue weighted by molar-refractivity contribution is -0.137. The molecule has 1 aromatic carbocycles. The summed E-state index contributed by atoms with van der Waals surface area (Å²) in [6, 6.07) is 12.8. The van der Waals surface area contributed by atoms with Crippen molar-refractivity contribution >= 4 is 29.6 Å². The second-order valence-corrected chi connectivity index (χ2v) is 9.67. The minimum absolute atomic E-state index is 0.178. The predicted molar refractivity (Wildman–Crippen MR) is 136 cm³/mol. The Hall–Kier alpha value is -3.78. The average Bonchev–Trinajstić information content (AvgIpc) is 3.45. The molecule has 3 heterocycles. The number of allylic oxidation sites excluding steroid dienone is 2. The van der Waals surface area contributed by atoms with Gasteiger partial charge in [0.15, 0.2) is 0 Å². The number of nitrogens with zero attached hydrogens (tertiary/aromatic N) is 2. The van der Waals surface area contributed by atoms with Crippen molar-refractivity contribution in [3.05, 3.63) is 71.1 Å². The smallest absolute Gasteiger partial charge is 0.423 e. The fourth-order valence-corrected chi connectivity index (χ4v) is 5.97. The topological polar surface area (TPSA) is 106 Å². The molecule has 2 saturated heterocycles. The number of benzene rings is 1. The quantitative estimate of drug-likeness (QED) is 0.454. The van der Waals surface area contributed by atoms with Crippen LogP contribution >= 0.6 is 0 Å². The molecule has 8 heteroatoms. The second kappa shape index (κ2) is 10.3. The molecule has 3 aliphatic rings. The molecule has 5 rings (SSSR count). The van der Waals surface area contributed by atoms with Crippen LogP contribution in [0, 0.1) is 17.8 Å². The second-order valence-electron chi connectivity index (χ2n) is 9.67. The van der Waals surface area contributed by atoms with Crippen molar-refractivity contribution in [3.8, 4) is 5.75 Å². The Morgan fingerprint density at radius 1 is 1.16 bits per heavy atom. The van der Waals surface area contributed by atoms with Crippen molar-refractivity contribution in [1.29, 1.82) is 0 Å². The number of carbonyl (C=O) groups excluding carboxylic acids is 3. The predicted octanol–water partition coefficient (Wildman–Crippen LogP) is 4.60. The van der Waals surface area contributed by atoms with Crippen molar-refractivity contribution in [3.63, 3.8) is 0 Å². The molecule has 2 aliphatic heterocycles. The monoisotopic (exact) mass is 502 g/mol. The molecule has 4 atom stereocenters. The molecule has 2 aromatic rings. The van der Waals surface area contributed by atoms with Gasteiger partial charge in [0.2, 0.25) is 11.8 Å². The summed E-state index contributed by atoms with van der Waals surface area (Å²) in [6.07, 6.45) is 5.32. The largest absolute Gasteiger partial charge is 0.508 e. The number of imide groups is 3. The fraction of sp³-hybridized carbons (Fsp3) is 0.379. The molecule has 2 fully saturated rings. The summed E-state index contributed by atoms with van der Waals surface area (Å²) < 4.78 is 11.0. The van der Waals surface area contributed by atoms with Crippen LogP contribution in [0.2, 0.25) is 0 Å². The van der Waals surface area contributed by atoms with Crippen LogP contribution in [0.15, 0.2) is 59.8 Å². The van der Waals surface area contributed by atoms with E-state index in [4.69, 9.17) is 9.47 Å². The molecule has 0 radical (unpaired) electrons. The highest BCUT2D eigenvalue weighted by Crippen LogP contribution is 2.50. The normalized spacial score (nSPS) is 25.4. The number of phenols is 1. The summed E-state index contributed by atoms with van der Waals surface area (Å²) in [5.74, 6) is -2.10. The van der Waals surface area contributed by atoms with Crippen LogP contribution in [0.4, 0.5) is 4.79 Å². The van der Waals surface area contributed by atoms with Crippen molar-refractivity contribution < 1.29 is 29.0 Å². The molecule has 192 valence electrons. The summed E-state index contributed by atoms with van der Waals surface area (Å²) >= 11 is 0. The third-order valence-electron chi connectivity index (χ3n) is 7.70. The zero-order chi connectivity index (χ0) is 26.1. The van der Waals surface area contributed by atoms with E-state index in [0.29, 0.717) is 30.8 Å². The van der Waals surface area contributed by atoms with Gasteiger partial charge in [-0.15, -0.1) is 0 Å². The van der Waals surface area contributed by atoms with E-state index in [1.807, 2.05) is 30.3 Å². The van der Waals surface area contributed by atoms with Crippen molar-refractivity contribution in [2.24, 2.45) is 17.8 Å². The molecule has 0 bridgehead atoms. The van der Waals surface area contributed by atoms with E-state index in [-0.39, 0.29) is 17.8 Å². The first-order chi connectivity index (χ1) is 17.9. The number of hydrogen-bond donors (Lipinski definition) is 1. The number of phenolic OH excluding ortho intramolecular Hbond substituents is 1. The van der Waals surface area contributed by atoms with E-state index in [9.17, 15) is 19.5 Å². The standard InChI is InChI=1S/C29H30N2O6/c1-3-18-15-21-26(28(34)31(27(21)33)29(35)36-2)22-16-37-24(25(18)22)12-9-19(23-6-4-5-13-30-23)14-17-7-10-20(32)11-8-17/h4-8,10-11,13-14,21-22,24,26,32H,3,9,12,15-16H2,1-2H3/b19-14-/t21-,22+,24-,26-/m1/s1. The first-order valence-corrected chi connectivity index (χ1v) is 12.6. The molecule has 0 spiro atoms. The Morgan fingerprint density at radius 3 is 2.62 bits per heavy atom. The minimum Gasteiger partial charge on any atom is -0.508 e. The molecule has 1 aliphatic carbocycles. The van der Waals surface area contributed by atoms with Gasteiger partial charge in [0, 0.05) is 12.1 Å². The van der Waals surface area contributed by atoms with Gasteiger partial charge in [-0.3, -0.25) is 14.6 Å². The number of carbonyl (C=O) groups is 3. The molecule has 37 heavy (non-hydrogen) atoms. The Bertz CT molecular complexity index is 1270. The number of likely N-dealkylation sites (tertiary alicyclic amines) is 1. The Balaban J connectivity index is 1.40. The highest BCUT2D eigenvalue weighted by atomic mass is 16.5. The van der Waals surface area contributed by atoms with Gasteiger partial charge in [0.1, 0.15) is 5.75 Å². The first kappa shape index (κ1) is 24.9. The van der Waals surface area contributed by atoms with Crippen LogP contribution in [-0.4, -0.2) is 52.7 Å². The average molecular weight is 503 g/mol. The van der Waals surface area contributed by atoms with Crippen LogP contribution in [-0.2, 0) is 19.1 Å². The zero-order valence-corrected chi connectivity index (χ0v) is 20.9. The van der Waals surface area contributed by atoms with Crippen LogP contribution in [0.1, 0.15) is 43.9 Å². The highest BCUT2D eigenvalue weighted by Gasteiger charge is 2.58. The van der Waals surface area contributed by atoms with E-state index in [1.165, 1.54) is 7.11 Å². The third kappa shape index (κ3) is 4.57. The van der Waals surface area contributed by atoms with Gasteiger partial charge >= 0.3 is 6.09 Å². The van der Waals surface area contributed by atoms with Crippen LogP contribution in [0.25, 0.3) is 11.6 Å². The number of aromatic nitrogens is 1. The number of methoxy groups -OCH3 is 1. The van der Waals surface area contributed by atoms with Gasteiger partial charge in [0.25, 0.3) is 0 Å². The van der Waals surface area contributed by atoms with Gasteiger partial charge in [-0.1, -0.05) is 30.7 Å². The molecular weight excluding hydrogens is 472 g/mol. The van der Waals surface area contributed by atoms with Gasteiger partial charge in [-0.2, -0.15) is 4.90 Å². The Kier molecular flexibility index (Phi) is 6.93. The number of fused-ring (bicyclic) bond motifs is 3. The summed E-state index contributed by atoms with van der Waals surface area (Å²) in [6.45, 7) is 2.40. The van der Waals surface area contributed by atoms with Gasteiger partial charge < -0.3 is 14.6 Å². The summed E-state index contributed by atoms with van der Waals surface area (Å²) in [5, 5.41) is 9.65. The van der Waals surface area contributed by atoms with Crippen LogP contribution in [0.3, 0.4) is 0 Å². The molecule has 1 aromatic heterocycles. The van der Waals surface area contributed by atoms with E-state index < -0.39 is 29.7 Å². The summed E-state index contributed by atoms with van der Waals surface area (Å²) in [7, 11) is 1.17. The van der Waals surface area contributed by atoms with Crippen LogP contribution in [0.5, 0.6) is 5.75 Å². The third-order valence-corrected chi connectivity index (χ3v) is 7.70. The molecule has 3 amide bonds. The lowest BCUT2D eigenvalue weighted by Crippen LogP contribution is -2.38. The van der Waals surface area contributed by atoms with E-state index in [1.54, 1.807) is 18.3 Å². The van der Waals surface area contributed by atoms with Crippen molar-refractivity contribution in [2.75, 3.05) is 13.7 Å². The van der Waals surface area contributed by atoms with Gasteiger partial charge in [-0.05, 0) is 72.7 Å². The number of hydrogen-bond acceptors (Lipinski definition) is 7. The highest BCUT2D eigenvalue weighted by molar-refractivity contribution is 6.16. The molecule has 8 nitrogen and oxygen atoms in total. The molecule has 1 N–H and O–H groups in total. The lowest BCUT2D eigenvalue weighted by Gasteiger charge is -2.31.